The highest BCUT2D eigenvalue weighted by Crippen LogP contribution is 2.26. The molecule has 1 aromatic rings. The molecule has 0 aromatic carbocycles. The predicted octanol–water partition coefficient (Wildman–Crippen LogP) is 2.19. The average molecular weight is 293 g/mol. The Hall–Kier alpha value is -0.940. The van der Waals surface area contributed by atoms with Gasteiger partial charge in [-0.15, -0.1) is 0 Å². The third-order valence-corrected chi connectivity index (χ3v) is 4.98. The van der Waals surface area contributed by atoms with E-state index in [9.17, 15) is 0 Å². The molecule has 2 rings (SSSR count). The van der Waals surface area contributed by atoms with Crippen LogP contribution >= 0.6 is 0 Å². The normalized spacial score (nSPS) is 22.9. The van der Waals surface area contributed by atoms with Crippen LogP contribution in [0.2, 0.25) is 0 Å². The number of rotatable bonds is 6. The van der Waals surface area contributed by atoms with Gasteiger partial charge in [0.1, 0.15) is 12.2 Å². The highest BCUT2D eigenvalue weighted by Gasteiger charge is 2.37. The van der Waals surface area contributed by atoms with Crippen molar-refractivity contribution in [3.05, 3.63) is 12.2 Å². The minimum Gasteiger partial charge on any atom is -0.308 e. The Labute approximate surface area is 129 Å². The summed E-state index contributed by atoms with van der Waals surface area (Å²) < 4.78 is 1.90. The Balaban J connectivity index is 2.14. The number of hydrogen-bond donors (Lipinski definition) is 1. The van der Waals surface area contributed by atoms with Gasteiger partial charge in [0, 0.05) is 31.7 Å². The van der Waals surface area contributed by atoms with Crippen LogP contribution in [-0.2, 0) is 13.6 Å². The lowest BCUT2D eigenvalue weighted by molar-refractivity contribution is 0.0532. The smallest absolute Gasteiger partial charge is 0.140 e. The highest BCUT2D eigenvalue weighted by molar-refractivity contribution is 4.98. The van der Waals surface area contributed by atoms with Crippen LogP contribution in [0.3, 0.4) is 0 Å². The van der Waals surface area contributed by atoms with E-state index in [1.54, 1.807) is 6.33 Å². The lowest BCUT2D eigenvalue weighted by atomic mass is 9.87. The van der Waals surface area contributed by atoms with Gasteiger partial charge >= 0.3 is 0 Å². The first kappa shape index (κ1) is 16.4. The van der Waals surface area contributed by atoms with Crippen molar-refractivity contribution >= 4 is 0 Å². The summed E-state index contributed by atoms with van der Waals surface area (Å²) in [7, 11) is 1.98. The molecule has 0 bridgehead atoms. The van der Waals surface area contributed by atoms with E-state index in [0.717, 1.165) is 31.4 Å². The lowest BCUT2D eigenvalue weighted by Crippen LogP contribution is -2.63. The molecule has 1 unspecified atom stereocenters. The first-order valence-corrected chi connectivity index (χ1v) is 8.31. The van der Waals surface area contributed by atoms with Gasteiger partial charge in [-0.2, -0.15) is 5.10 Å². The number of aryl methyl sites for hydroxylation is 1. The fraction of sp³-hybridized carbons (Fsp3) is 0.875. The largest absolute Gasteiger partial charge is 0.308 e. The van der Waals surface area contributed by atoms with E-state index in [-0.39, 0.29) is 5.54 Å². The molecular weight excluding hydrogens is 262 g/mol. The van der Waals surface area contributed by atoms with Crippen LogP contribution in [0.4, 0.5) is 0 Å². The number of nitrogens with zero attached hydrogens (tertiary/aromatic N) is 4. The van der Waals surface area contributed by atoms with E-state index in [1.165, 1.54) is 19.3 Å². The van der Waals surface area contributed by atoms with Crippen LogP contribution in [0.1, 0.15) is 52.8 Å². The Bertz CT molecular complexity index is 436. The Morgan fingerprint density at radius 1 is 1.38 bits per heavy atom. The van der Waals surface area contributed by atoms with Gasteiger partial charge < -0.3 is 5.32 Å². The predicted molar refractivity (Wildman–Crippen MR) is 86.0 cm³/mol. The van der Waals surface area contributed by atoms with Gasteiger partial charge in [0.15, 0.2) is 0 Å². The minimum atomic E-state index is 0.256. The second-order valence-electron chi connectivity index (χ2n) is 6.86. The molecule has 1 N–H and O–H groups in total. The van der Waals surface area contributed by atoms with Crippen molar-refractivity contribution in [1.82, 2.24) is 25.0 Å². The Morgan fingerprint density at radius 3 is 2.62 bits per heavy atom. The fourth-order valence-electron chi connectivity index (χ4n) is 3.37. The molecule has 1 saturated heterocycles. The van der Waals surface area contributed by atoms with Crippen LogP contribution in [0.25, 0.3) is 0 Å². The van der Waals surface area contributed by atoms with Crippen LogP contribution < -0.4 is 5.32 Å². The molecule has 2 heterocycles. The van der Waals surface area contributed by atoms with Crippen molar-refractivity contribution in [2.24, 2.45) is 13.0 Å². The zero-order valence-corrected chi connectivity index (χ0v) is 14.3. The Morgan fingerprint density at radius 2 is 2.10 bits per heavy atom. The van der Waals surface area contributed by atoms with E-state index in [4.69, 9.17) is 0 Å². The summed E-state index contributed by atoms with van der Waals surface area (Å²) in [5.41, 5.74) is 0.256. The van der Waals surface area contributed by atoms with E-state index in [2.05, 4.69) is 48.0 Å². The summed E-state index contributed by atoms with van der Waals surface area (Å²) in [6, 6.07) is 0.591. The summed E-state index contributed by atoms with van der Waals surface area (Å²) in [4.78, 5) is 7.03. The van der Waals surface area contributed by atoms with Gasteiger partial charge in [-0.3, -0.25) is 9.58 Å². The third kappa shape index (κ3) is 3.83. The van der Waals surface area contributed by atoms with Gasteiger partial charge in [0.05, 0.1) is 6.54 Å². The standard InChI is InChI=1S/C16H31N5/c1-6-16(7-2)11-21(10-15-17-12-19-20(15)5)14(9-18-16)8-13(3)4/h12-14,18H,6-11H2,1-5H3. The lowest BCUT2D eigenvalue weighted by Gasteiger charge is -2.48. The van der Waals surface area contributed by atoms with E-state index >= 15 is 0 Å². The van der Waals surface area contributed by atoms with Crippen molar-refractivity contribution in [3.63, 3.8) is 0 Å². The maximum atomic E-state index is 4.41. The van der Waals surface area contributed by atoms with Gasteiger partial charge in [-0.1, -0.05) is 27.7 Å². The first-order chi connectivity index (χ1) is 9.99. The van der Waals surface area contributed by atoms with Crippen molar-refractivity contribution < 1.29 is 0 Å². The zero-order chi connectivity index (χ0) is 15.5. The van der Waals surface area contributed by atoms with Gasteiger partial charge in [0.25, 0.3) is 0 Å². The molecule has 1 atom stereocenters. The van der Waals surface area contributed by atoms with E-state index in [1.807, 2.05) is 11.7 Å². The minimum absolute atomic E-state index is 0.256. The molecule has 0 saturated carbocycles. The average Bonchev–Trinajstić information content (AvgIpc) is 2.86. The van der Waals surface area contributed by atoms with Gasteiger partial charge in [0.2, 0.25) is 0 Å². The maximum absolute atomic E-state index is 4.41. The van der Waals surface area contributed by atoms with Crippen molar-refractivity contribution in [2.75, 3.05) is 13.1 Å². The van der Waals surface area contributed by atoms with Gasteiger partial charge in [-0.25, -0.2) is 4.98 Å². The highest BCUT2D eigenvalue weighted by atomic mass is 15.3. The zero-order valence-electron chi connectivity index (χ0n) is 14.3. The number of piperazine rings is 1. The molecule has 1 aromatic heterocycles. The molecule has 0 amide bonds. The molecule has 21 heavy (non-hydrogen) atoms. The quantitative estimate of drug-likeness (QED) is 0.873. The van der Waals surface area contributed by atoms with Crippen LogP contribution in [0.15, 0.2) is 6.33 Å². The molecule has 5 heteroatoms. The second-order valence-corrected chi connectivity index (χ2v) is 6.86. The molecule has 0 spiro atoms. The molecule has 1 aliphatic rings. The third-order valence-electron chi connectivity index (χ3n) is 4.98. The monoisotopic (exact) mass is 293 g/mol. The molecule has 0 aliphatic carbocycles. The second kappa shape index (κ2) is 6.88. The summed E-state index contributed by atoms with van der Waals surface area (Å²) in [6.07, 6.45) is 5.23. The number of hydrogen-bond acceptors (Lipinski definition) is 4. The molecule has 0 radical (unpaired) electrons. The summed E-state index contributed by atoms with van der Waals surface area (Å²) in [5, 5.41) is 8.04. The first-order valence-electron chi connectivity index (χ1n) is 8.31. The SMILES string of the molecule is CCC1(CC)CN(Cc2ncnn2C)C(CC(C)C)CN1. The summed E-state index contributed by atoms with van der Waals surface area (Å²) in [6.45, 7) is 12.3. The summed E-state index contributed by atoms with van der Waals surface area (Å²) in [5.74, 6) is 1.78. The van der Waals surface area contributed by atoms with Crippen molar-refractivity contribution in [1.29, 1.82) is 0 Å². The Kier molecular flexibility index (Phi) is 5.38. The maximum Gasteiger partial charge on any atom is 0.140 e. The molecule has 5 nitrogen and oxygen atoms in total. The van der Waals surface area contributed by atoms with Crippen molar-refractivity contribution in [2.45, 2.75) is 65.1 Å². The van der Waals surface area contributed by atoms with Crippen LogP contribution in [0.5, 0.6) is 0 Å². The molecule has 1 fully saturated rings. The molecule has 120 valence electrons. The van der Waals surface area contributed by atoms with E-state index in [0.29, 0.717) is 6.04 Å². The van der Waals surface area contributed by atoms with Crippen LogP contribution in [0, 0.1) is 5.92 Å². The van der Waals surface area contributed by atoms with Gasteiger partial charge in [-0.05, 0) is 25.2 Å². The number of nitrogens with one attached hydrogen (secondary N) is 1. The molecular formula is C16H31N5. The fourth-order valence-corrected chi connectivity index (χ4v) is 3.37. The van der Waals surface area contributed by atoms with Crippen molar-refractivity contribution in [3.8, 4) is 0 Å². The van der Waals surface area contributed by atoms with E-state index < -0.39 is 0 Å². The topological polar surface area (TPSA) is 46.0 Å². The number of aromatic nitrogens is 3. The van der Waals surface area contributed by atoms with Crippen LogP contribution in [-0.4, -0.2) is 44.3 Å². The molecule has 1 aliphatic heterocycles. The summed E-state index contributed by atoms with van der Waals surface area (Å²) >= 11 is 0.